The van der Waals surface area contributed by atoms with Crippen molar-refractivity contribution in [1.82, 2.24) is 5.43 Å². The molecule has 0 spiro atoms. The highest BCUT2D eigenvalue weighted by Gasteiger charge is 2.11. The van der Waals surface area contributed by atoms with E-state index >= 15 is 0 Å². The molecule has 0 aliphatic rings. The Morgan fingerprint density at radius 3 is 2.32 bits per heavy atom. The summed E-state index contributed by atoms with van der Waals surface area (Å²) >= 11 is 0. The van der Waals surface area contributed by atoms with Gasteiger partial charge in [-0.05, 0) is 36.4 Å². The predicted octanol–water partition coefficient (Wildman–Crippen LogP) is 4.44. The van der Waals surface area contributed by atoms with Crippen LogP contribution in [0.2, 0.25) is 0 Å². The van der Waals surface area contributed by atoms with Crippen LogP contribution in [0.15, 0.2) is 66.3 Å². The second-order valence-electron chi connectivity index (χ2n) is 6.48. The van der Waals surface area contributed by atoms with Crippen LogP contribution in [-0.2, 0) is 9.53 Å². The van der Waals surface area contributed by atoms with Crippen LogP contribution >= 0.6 is 0 Å². The van der Waals surface area contributed by atoms with E-state index in [1.54, 1.807) is 37.4 Å². The molecule has 0 fully saturated rings. The summed E-state index contributed by atoms with van der Waals surface area (Å²) in [4.78, 5) is 23.3. The molecule has 2 aromatic carbocycles. The molecule has 0 unspecified atom stereocenters. The summed E-state index contributed by atoms with van der Waals surface area (Å²) in [6.07, 6.45) is 2.87. The van der Waals surface area contributed by atoms with Gasteiger partial charge < -0.3 is 20.8 Å². The highest BCUT2D eigenvalue weighted by Crippen LogP contribution is 2.18. The highest BCUT2D eigenvalue weighted by atomic mass is 16.5. The highest BCUT2D eigenvalue weighted by molar-refractivity contribution is 6.15. The van der Waals surface area contributed by atoms with Crippen LogP contribution in [0.25, 0.3) is 0 Å². The third kappa shape index (κ3) is 9.16. The molecule has 3 N–H and O–H groups in total. The van der Waals surface area contributed by atoms with E-state index in [-0.39, 0.29) is 18.5 Å². The molecule has 7 nitrogen and oxygen atoms in total. The molecule has 166 valence electrons. The first kappa shape index (κ1) is 25.4. The van der Waals surface area contributed by atoms with E-state index in [0.29, 0.717) is 23.5 Å². The van der Waals surface area contributed by atoms with E-state index < -0.39 is 0 Å². The second kappa shape index (κ2) is 14.4. The third-order valence-corrected chi connectivity index (χ3v) is 3.76. The summed E-state index contributed by atoms with van der Waals surface area (Å²) in [6.45, 7) is 10.2. The number of rotatable bonds is 9. The minimum Gasteiger partial charge on any atom is -0.464 e. The van der Waals surface area contributed by atoms with Crippen molar-refractivity contribution in [2.45, 2.75) is 27.2 Å². The van der Waals surface area contributed by atoms with Gasteiger partial charge in [-0.3, -0.25) is 9.59 Å². The van der Waals surface area contributed by atoms with Gasteiger partial charge in [0.2, 0.25) is 0 Å². The van der Waals surface area contributed by atoms with Crippen molar-refractivity contribution < 1.29 is 14.3 Å². The van der Waals surface area contributed by atoms with Crippen molar-refractivity contribution in [2.75, 3.05) is 30.8 Å². The summed E-state index contributed by atoms with van der Waals surface area (Å²) in [5, 5.41) is 10.2. The molecule has 2 rings (SSSR count). The summed E-state index contributed by atoms with van der Waals surface area (Å²) in [6, 6.07) is 14.4. The molecule has 0 aliphatic heterocycles. The zero-order valence-electron chi connectivity index (χ0n) is 18.7. The number of hydrogen-bond donors (Lipinski definition) is 3. The lowest BCUT2D eigenvalue weighted by molar-refractivity contribution is -0.140. The average Bonchev–Trinajstić information content (AvgIpc) is 2.76. The van der Waals surface area contributed by atoms with Gasteiger partial charge in [-0.2, -0.15) is 5.10 Å². The molecule has 0 aromatic heterocycles. The van der Waals surface area contributed by atoms with Gasteiger partial charge in [-0.15, -0.1) is 0 Å². The number of amides is 1. The van der Waals surface area contributed by atoms with Crippen molar-refractivity contribution in [2.24, 2.45) is 5.10 Å². The van der Waals surface area contributed by atoms with Crippen molar-refractivity contribution in [3.63, 3.8) is 0 Å². The molecule has 0 saturated heterocycles. The van der Waals surface area contributed by atoms with E-state index in [4.69, 9.17) is 4.74 Å². The monoisotopic (exact) mass is 424 g/mol. The van der Waals surface area contributed by atoms with E-state index in [0.717, 1.165) is 11.3 Å². The fraction of sp³-hybridized carbons (Fsp3) is 0.292. The lowest BCUT2D eigenvalue weighted by atomic mass is 10.1. The maximum absolute atomic E-state index is 12.6. The van der Waals surface area contributed by atoms with E-state index in [1.165, 1.54) is 13.3 Å². The molecule has 2 aromatic rings. The molecular formula is C24H32N4O3. The number of carbonyl (C=O) groups excluding carboxylic acids is 2. The van der Waals surface area contributed by atoms with Gasteiger partial charge in [-0.1, -0.05) is 45.0 Å². The number of carbonyl (C=O) groups is 2. The Bertz CT molecular complexity index is 877. The zero-order valence-corrected chi connectivity index (χ0v) is 18.7. The van der Waals surface area contributed by atoms with Crippen molar-refractivity contribution in [3.8, 4) is 0 Å². The summed E-state index contributed by atoms with van der Waals surface area (Å²) in [5.41, 5.74) is 6.13. The number of hydrogen-bond acceptors (Lipinski definition) is 6. The average molecular weight is 425 g/mol. The number of esters is 1. The van der Waals surface area contributed by atoms with Crippen LogP contribution in [0, 0.1) is 0 Å². The van der Waals surface area contributed by atoms with Gasteiger partial charge in [0.05, 0.1) is 11.4 Å². The van der Waals surface area contributed by atoms with Gasteiger partial charge >= 0.3 is 5.97 Å². The van der Waals surface area contributed by atoms with Gasteiger partial charge in [0.1, 0.15) is 6.61 Å². The minimum atomic E-state index is -0.312. The lowest BCUT2D eigenvalue weighted by Crippen LogP contribution is -2.15. The van der Waals surface area contributed by atoms with Crippen molar-refractivity contribution in [3.05, 3.63) is 72.3 Å². The molecule has 1 amide bonds. The number of nitrogens with zero attached hydrogens (tertiary/aromatic N) is 1. The number of benzene rings is 2. The number of nitrogens with one attached hydrogen (secondary N) is 3. The number of para-hydroxylation sites is 1. The minimum absolute atomic E-state index is 0.230. The van der Waals surface area contributed by atoms with Crippen LogP contribution in [0.5, 0.6) is 0 Å². The molecule has 0 saturated carbocycles. The summed E-state index contributed by atoms with van der Waals surface area (Å²) in [5.74, 6) is -0.541. The van der Waals surface area contributed by atoms with E-state index in [1.807, 2.05) is 24.3 Å². The first-order valence-corrected chi connectivity index (χ1v) is 10.2. The first-order chi connectivity index (χ1) is 15.0. The molecule has 0 bridgehead atoms. The summed E-state index contributed by atoms with van der Waals surface area (Å²) in [7, 11) is 1.70. The molecule has 0 atom stereocenters. The van der Waals surface area contributed by atoms with Crippen LogP contribution in [0.3, 0.4) is 0 Å². The maximum atomic E-state index is 12.6. The van der Waals surface area contributed by atoms with Crippen molar-refractivity contribution in [1.29, 1.82) is 0 Å². The predicted molar refractivity (Wildman–Crippen MR) is 128 cm³/mol. The van der Waals surface area contributed by atoms with Crippen molar-refractivity contribution >= 4 is 29.0 Å². The van der Waals surface area contributed by atoms with Gasteiger partial charge in [-0.25, -0.2) is 0 Å². The lowest BCUT2D eigenvalue weighted by Gasteiger charge is -2.12. The van der Waals surface area contributed by atoms with Crippen LogP contribution < -0.4 is 16.1 Å². The molecule has 0 aliphatic carbocycles. The smallest absolute Gasteiger partial charge is 0.302 e. The first-order valence-electron chi connectivity index (χ1n) is 10.2. The van der Waals surface area contributed by atoms with Crippen LogP contribution in [-0.4, -0.2) is 37.8 Å². The molecule has 7 heteroatoms. The Labute approximate surface area is 184 Å². The molecular weight excluding hydrogens is 392 g/mol. The molecule has 0 radical (unpaired) electrons. The summed E-state index contributed by atoms with van der Waals surface area (Å²) < 4.78 is 4.86. The Morgan fingerprint density at radius 2 is 1.74 bits per heavy atom. The normalized spacial score (nSPS) is 10.3. The Hall–Kier alpha value is -3.61. The van der Waals surface area contributed by atoms with Gasteiger partial charge in [0.25, 0.3) is 5.91 Å². The van der Waals surface area contributed by atoms with Crippen LogP contribution in [0.4, 0.5) is 11.4 Å². The fourth-order valence-electron chi connectivity index (χ4n) is 2.48. The number of allylic oxidation sites excluding steroid dienone is 1. The van der Waals surface area contributed by atoms with Gasteiger partial charge in [0, 0.05) is 37.3 Å². The van der Waals surface area contributed by atoms with E-state index in [2.05, 4.69) is 41.6 Å². The van der Waals surface area contributed by atoms with Gasteiger partial charge in [0.15, 0.2) is 0 Å². The SMILES string of the molecule is C=C/C(=N\NC)c1ccccc1NC(=O)c1ccc(NCCOC(C)=O)cc1.CCC. The topological polar surface area (TPSA) is 91.8 Å². The Kier molecular flexibility index (Phi) is 11.8. The van der Waals surface area contributed by atoms with E-state index in [9.17, 15) is 9.59 Å². The zero-order chi connectivity index (χ0) is 23.1. The second-order valence-corrected chi connectivity index (χ2v) is 6.48. The molecule has 0 heterocycles. The standard InChI is InChI=1S/C21H24N4O3.C3H8/c1-4-19(25-22-3)18-7-5-6-8-20(18)24-21(27)16-9-11-17(12-10-16)23-13-14-28-15(2)26;1-3-2/h4-12,22-23H,1,13-14H2,2-3H3,(H,24,27);3H2,1-2H3/b25-19+;. The third-order valence-electron chi connectivity index (χ3n) is 3.76. The largest absolute Gasteiger partial charge is 0.464 e. The quantitative estimate of drug-likeness (QED) is 0.240. The van der Waals surface area contributed by atoms with Crippen LogP contribution in [0.1, 0.15) is 43.1 Å². The fourth-order valence-corrected chi connectivity index (χ4v) is 2.48. The maximum Gasteiger partial charge on any atom is 0.302 e. The molecule has 31 heavy (non-hydrogen) atoms. The number of anilines is 2. The number of ether oxygens (including phenoxy) is 1. The Balaban J connectivity index is 0.00000151. The number of hydrazone groups is 1. The Morgan fingerprint density at radius 1 is 1.10 bits per heavy atom.